The molecular weight excluding hydrogens is 331 g/mol. The molecule has 4 rings (SSSR count). The maximum absolute atomic E-state index is 13.5. The number of benzene rings is 2. The Balaban J connectivity index is 1.58. The summed E-state index contributed by atoms with van der Waals surface area (Å²) in [6.45, 7) is 0.281. The van der Waals surface area contributed by atoms with Crippen molar-refractivity contribution in [3.05, 3.63) is 65.6 Å². The first-order valence-electron chi connectivity index (χ1n) is 7.92. The van der Waals surface area contributed by atoms with Crippen LogP contribution in [0.4, 0.5) is 18.9 Å². The predicted octanol–water partition coefficient (Wildman–Crippen LogP) is 4.64. The van der Waals surface area contributed by atoms with E-state index >= 15 is 0 Å². The first-order chi connectivity index (χ1) is 12.1. The summed E-state index contributed by atoms with van der Waals surface area (Å²) in [7, 11) is 0. The molecule has 4 nitrogen and oxygen atoms in total. The van der Waals surface area contributed by atoms with E-state index in [0.717, 1.165) is 25.0 Å². The fourth-order valence-electron chi connectivity index (χ4n) is 2.60. The standard InChI is InChI=1S/C18H14F3N3O/c19-13-7-11(8-14(20)17(13)21)12-3-1-2-4-15(12)22-9-16-23-24-18(25-16)10-5-6-10/h1-4,7-8,10,22H,5-6,9H2. The highest BCUT2D eigenvalue weighted by Crippen LogP contribution is 2.39. The monoisotopic (exact) mass is 345 g/mol. The van der Waals surface area contributed by atoms with Gasteiger partial charge in [0.25, 0.3) is 0 Å². The van der Waals surface area contributed by atoms with Crippen molar-refractivity contribution in [2.24, 2.45) is 0 Å². The molecule has 0 spiro atoms. The SMILES string of the molecule is Fc1cc(-c2ccccc2NCc2nnc(C3CC3)o2)cc(F)c1F. The van der Waals surface area contributed by atoms with Crippen LogP contribution in [0.5, 0.6) is 0 Å². The fraction of sp³-hybridized carbons (Fsp3) is 0.222. The van der Waals surface area contributed by atoms with Gasteiger partial charge in [-0.05, 0) is 36.6 Å². The van der Waals surface area contributed by atoms with E-state index in [-0.39, 0.29) is 12.1 Å². The normalized spacial score (nSPS) is 13.9. The third-order valence-corrected chi connectivity index (χ3v) is 4.06. The number of nitrogens with one attached hydrogen (secondary N) is 1. The van der Waals surface area contributed by atoms with Crippen molar-refractivity contribution in [1.29, 1.82) is 0 Å². The maximum Gasteiger partial charge on any atom is 0.235 e. The lowest BCUT2D eigenvalue weighted by Crippen LogP contribution is -2.02. The first kappa shape index (κ1) is 15.7. The van der Waals surface area contributed by atoms with Crippen LogP contribution < -0.4 is 5.32 Å². The van der Waals surface area contributed by atoms with E-state index in [4.69, 9.17) is 4.42 Å². The van der Waals surface area contributed by atoms with Crippen LogP contribution in [0.3, 0.4) is 0 Å². The van der Waals surface area contributed by atoms with E-state index in [1.807, 2.05) is 0 Å². The second-order valence-corrected chi connectivity index (χ2v) is 5.96. The third-order valence-electron chi connectivity index (χ3n) is 4.06. The molecule has 7 heteroatoms. The molecule has 3 aromatic rings. The maximum atomic E-state index is 13.5. The molecule has 0 saturated heterocycles. The second kappa shape index (κ2) is 6.23. The van der Waals surface area contributed by atoms with Crippen molar-refractivity contribution in [3.8, 4) is 11.1 Å². The van der Waals surface area contributed by atoms with Gasteiger partial charge in [0.2, 0.25) is 11.8 Å². The van der Waals surface area contributed by atoms with Gasteiger partial charge in [-0.2, -0.15) is 0 Å². The van der Waals surface area contributed by atoms with Gasteiger partial charge in [-0.1, -0.05) is 18.2 Å². The van der Waals surface area contributed by atoms with Crippen molar-refractivity contribution in [2.75, 3.05) is 5.32 Å². The number of halogens is 3. The second-order valence-electron chi connectivity index (χ2n) is 5.96. The van der Waals surface area contributed by atoms with E-state index in [9.17, 15) is 13.2 Å². The van der Waals surface area contributed by atoms with E-state index in [0.29, 0.717) is 29.0 Å². The Morgan fingerprint density at radius 1 is 1.04 bits per heavy atom. The molecule has 0 atom stereocenters. The third kappa shape index (κ3) is 3.22. The van der Waals surface area contributed by atoms with Crippen LogP contribution in [-0.4, -0.2) is 10.2 Å². The van der Waals surface area contributed by atoms with Gasteiger partial charge in [-0.3, -0.25) is 0 Å². The molecular formula is C18H14F3N3O. The molecule has 1 aromatic heterocycles. The Bertz CT molecular complexity index is 898. The molecule has 2 aromatic carbocycles. The van der Waals surface area contributed by atoms with Crippen molar-refractivity contribution in [1.82, 2.24) is 10.2 Å². The van der Waals surface area contributed by atoms with Crippen LogP contribution in [-0.2, 0) is 6.54 Å². The van der Waals surface area contributed by atoms with Gasteiger partial charge >= 0.3 is 0 Å². The number of hydrogen-bond acceptors (Lipinski definition) is 4. The summed E-state index contributed by atoms with van der Waals surface area (Å²) in [6.07, 6.45) is 2.14. The molecule has 0 radical (unpaired) electrons. The van der Waals surface area contributed by atoms with E-state index in [1.165, 1.54) is 0 Å². The Labute approximate surface area is 141 Å². The molecule has 0 bridgehead atoms. The summed E-state index contributed by atoms with van der Waals surface area (Å²) < 4.78 is 45.8. The molecule has 1 saturated carbocycles. The minimum Gasteiger partial charge on any atom is -0.423 e. The number of anilines is 1. The Morgan fingerprint density at radius 2 is 1.76 bits per heavy atom. The lowest BCUT2D eigenvalue weighted by atomic mass is 10.0. The predicted molar refractivity (Wildman–Crippen MR) is 85.4 cm³/mol. The lowest BCUT2D eigenvalue weighted by molar-refractivity contribution is 0.447. The van der Waals surface area contributed by atoms with Crippen molar-refractivity contribution < 1.29 is 17.6 Å². The van der Waals surface area contributed by atoms with Gasteiger partial charge in [-0.15, -0.1) is 10.2 Å². The van der Waals surface area contributed by atoms with Crippen LogP contribution in [0.15, 0.2) is 40.8 Å². The van der Waals surface area contributed by atoms with E-state index in [1.54, 1.807) is 24.3 Å². The Kier molecular flexibility index (Phi) is 3.91. The fourth-order valence-corrected chi connectivity index (χ4v) is 2.60. The summed E-state index contributed by atoms with van der Waals surface area (Å²) in [5.41, 5.74) is 1.41. The van der Waals surface area contributed by atoms with Gasteiger partial charge in [0, 0.05) is 17.2 Å². The van der Waals surface area contributed by atoms with Gasteiger partial charge in [0.05, 0.1) is 6.54 Å². The average Bonchev–Trinajstić information content (AvgIpc) is 3.36. The van der Waals surface area contributed by atoms with Gasteiger partial charge in [-0.25, -0.2) is 13.2 Å². The highest BCUT2D eigenvalue weighted by Gasteiger charge is 2.29. The quantitative estimate of drug-likeness (QED) is 0.684. The summed E-state index contributed by atoms with van der Waals surface area (Å²) in [6, 6.07) is 8.90. The van der Waals surface area contributed by atoms with Crippen molar-refractivity contribution >= 4 is 5.69 Å². The topological polar surface area (TPSA) is 51.0 Å². The molecule has 0 aliphatic heterocycles. The molecule has 1 aliphatic carbocycles. The molecule has 128 valence electrons. The number of hydrogen-bond donors (Lipinski definition) is 1. The van der Waals surface area contributed by atoms with E-state index in [2.05, 4.69) is 15.5 Å². The Morgan fingerprint density at radius 3 is 2.48 bits per heavy atom. The number of nitrogens with zero attached hydrogens (tertiary/aromatic N) is 2. The van der Waals surface area contributed by atoms with Crippen molar-refractivity contribution in [2.45, 2.75) is 25.3 Å². The van der Waals surface area contributed by atoms with Crippen LogP contribution >= 0.6 is 0 Å². The zero-order chi connectivity index (χ0) is 17.4. The highest BCUT2D eigenvalue weighted by molar-refractivity contribution is 5.77. The smallest absolute Gasteiger partial charge is 0.235 e. The minimum absolute atomic E-state index is 0.240. The van der Waals surface area contributed by atoms with Crippen LogP contribution in [0.2, 0.25) is 0 Å². The Hall–Kier alpha value is -2.83. The summed E-state index contributed by atoms with van der Waals surface area (Å²) >= 11 is 0. The number of aromatic nitrogens is 2. The average molecular weight is 345 g/mol. The first-order valence-corrected chi connectivity index (χ1v) is 7.92. The lowest BCUT2D eigenvalue weighted by Gasteiger charge is -2.11. The minimum atomic E-state index is -1.48. The molecule has 0 amide bonds. The van der Waals surface area contributed by atoms with Gasteiger partial charge < -0.3 is 9.73 Å². The largest absolute Gasteiger partial charge is 0.423 e. The molecule has 1 N–H and O–H groups in total. The highest BCUT2D eigenvalue weighted by atomic mass is 19.2. The number of para-hydroxylation sites is 1. The molecule has 0 unspecified atom stereocenters. The van der Waals surface area contributed by atoms with Crippen LogP contribution in [0.25, 0.3) is 11.1 Å². The van der Waals surface area contributed by atoms with Crippen LogP contribution in [0.1, 0.15) is 30.5 Å². The molecule has 1 fully saturated rings. The van der Waals surface area contributed by atoms with Gasteiger partial charge in [0.1, 0.15) is 0 Å². The number of rotatable bonds is 5. The zero-order valence-electron chi connectivity index (χ0n) is 13.1. The summed E-state index contributed by atoms with van der Waals surface area (Å²) in [4.78, 5) is 0. The van der Waals surface area contributed by atoms with Crippen molar-refractivity contribution in [3.63, 3.8) is 0 Å². The van der Waals surface area contributed by atoms with E-state index < -0.39 is 17.5 Å². The summed E-state index contributed by atoms with van der Waals surface area (Å²) in [5, 5.41) is 11.1. The van der Waals surface area contributed by atoms with Crippen LogP contribution in [0, 0.1) is 17.5 Å². The zero-order valence-corrected chi connectivity index (χ0v) is 13.1. The van der Waals surface area contributed by atoms with Gasteiger partial charge in [0.15, 0.2) is 17.5 Å². The summed E-state index contributed by atoms with van der Waals surface area (Å²) in [5.74, 6) is -2.47. The molecule has 1 aliphatic rings. The molecule has 25 heavy (non-hydrogen) atoms. The molecule has 1 heterocycles.